The van der Waals surface area contributed by atoms with Gasteiger partial charge in [-0.3, -0.25) is 14.5 Å². The number of hydrogen-bond acceptors (Lipinski definition) is 4. The lowest BCUT2D eigenvalue weighted by molar-refractivity contribution is -0.577. The molecule has 0 aliphatic carbocycles. The van der Waals surface area contributed by atoms with Crippen LogP contribution in [0.15, 0.2) is 42.7 Å². The summed E-state index contributed by atoms with van der Waals surface area (Å²) in [5.74, 6) is -1.40. The molecule has 1 aliphatic heterocycles. The highest BCUT2D eigenvalue weighted by molar-refractivity contribution is 6.45. The highest BCUT2D eigenvalue weighted by atomic mass is 35.5. The van der Waals surface area contributed by atoms with E-state index in [1.165, 1.54) is 9.58 Å². The zero-order valence-corrected chi connectivity index (χ0v) is 20.7. The number of imide groups is 1. The Morgan fingerprint density at radius 1 is 1.00 bits per heavy atom. The number of aryl methyl sites for hydroxylation is 2. The number of halogens is 2. The van der Waals surface area contributed by atoms with Gasteiger partial charge in [-0.05, 0) is 49.4 Å². The Balaban J connectivity index is 1.99. The first-order valence-corrected chi connectivity index (χ1v) is 11.9. The summed E-state index contributed by atoms with van der Waals surface area (Å²) in [7, 11) is 0. The van der Waals surface area contributed by atoms with E-state index in [1.54, 1.807) is 35.2 Å². The number of aromatic nitrogens is 3. The number of carbonyl (C=O) groups excluding carboxylic acids is 2. The highest BCUT2D eigenvalue weighted by Crippen LogP contribution is 2.38. The van der Waals surface area contributed by atoms with E-state index < -0.39 is 17.7 Å². The second kappa shape index (κ2) is 9.60. The van der Waals surface area contributed by atoms with Crippen LogP contribution in [0.5, 0.6) is 5.88 Å². The average Bonchev–Trinajstić information content (AvgIpc) is 3.25. The van der Waals surface area contributed by atoms with Crippen molar-refractivity contribution in [3.05, 3.63) is 69.6 Å². The van der Waals surface area contributed by atoms with Crippen molar-refractivity contribution in [2.45, 2.75) is 40.0 Å². The molecule has 1 aromatic carbocycles. The Kier molecular flexibility index (Phi) is 6.77. The summed E-state index contributed by atoms with van der Waals surface area (Å²) in [5, 5.41) is 18.9. The lowest BCUT2D eigenvalue weighted by atomic mass is 10.0. The van der Waals surface area contributed by atoms with Crippen LogP contribution >= 0.6 is 23.2 Å². The average molecular weight is 499 g/mol. The first kappa shape index (κ1) is 24.0. The second-order valence-corrected chi connectivity index (χ2v) is 8.97. The zero-order chi connectivity index (χ0) is 24.6. The fourth-order valence-electron chi connectivity index (χ4n) is 4.01. The van der Waals surface area contributed by atoms with Crippen LogP contribution in [0, 0.1) is 6.92 Å². The Hall–Kier alpha value is -3.16. The molecule has 1 aliphatic rings. The minimum absolute atomic E-state index is 0.0760. The van der Waals surface area contributed by atoms with Crippen LogP contribution in [0.3, 0.4) is 0 Å². The minimum Gasteiger partial charge on any atom is -0.858 e. The first-order chi connectivity index (χ1) is 16.3. The second-order valence-electron chi connectivity index (χ2n) is 8.16. The van der Waals surface area contributed by atoms with Crippen molar-refractivity contribution < 1.29 is 19.3 Å². The quantitative estimate of drug-likeness (QED) is 0.364. The van der Waals surface area contributed by atoms with Gasteiger partial charge >= 0.3 is 5.91 Å². The van der Waals surface area contributed by atoms with Gasteiger partial charge in [0.25, 0.3) is 11.6 Å². The maximum Gasteiger partial charge on any atom is 0.326 e. The molecule has 4 rings (SSSR count). The highest BCUT2D eigenvalue weighted by Gasteiger charge is 2.46. The molecule has 0 fully saturated rings. The lowest BCUT2D eigenvalue weighted by Gasteiger charge is -2.15. The monoisotopic (exact) mass is 498 g/mol. The molecule has 0 N–H and O–H groups in total. The van der Waals surface area contributed by atoms with Crippen molar-refractivity contribution in [1.82, 2.24) is 14.7 Å². The van der Waals surface area contributed by atoms with E-state index in [9.17, 15) is 14.7 Å². The molecule has 2 aromatic heterocycles. The van der Waals surface area contributed by atoms with Crippen LogP contribution in [0.2, 0.25) is 10.0 Å². The molecule has 3 heterocycles. The van der Waals surface area contributed by atoms with Crippen LogP contribution in [-0.4, -0.2) is 33.0 Å². The fraction of sp³-hybridized carbons (Fsp3) is 0.280. The lowest BCUT2D eigenvalue weighted by Crippen LogP contribution is -2.39. The molecule has 9 heteroatoms. The third-order valence-electron chi connectivity index (χ3n) is 5.65. The first-order valence-electron chi connectivity index (χ1n) is 11.1. The molecular weight excluding hydrogens is 475 g/mol. The van der Waals surface area contributed by atoms with E-state index in [0.29, 0.717) is 35.7 Å². The van der Waals surface area contributed by atoms with Gasteiger partial charge < -0.3 is 5.11 Å². The van der Waals surface area contributed by atoms with Crippen LogP contribution in [0.4, 0.5) is 0 Å². The minimum atomic E-state index is -0.488. The molecule has 176 valence electrons. The van der Waals surface area contributed by atoms with E-state index in [1.807, 2.05) is 32.9 Å². The molecule has 0 bridgehead atoms. The number of amides is 2. The van der Waals surface area contributed by atoms with E-state index >= 15 is 0 Å². The number of rotatable bonds is 7. The van der Waals surface area contributed by atoms with Gasteiger partial charge in [-0.15, -0.1) is 0 Å². The molecular formula is C25H24Cl2N4O3. The summed E-state index contributed by atoms with van der Waals surface area (Å²) >= 11 is 12.2. The van der Waals surface area contributed by atoms with Gasteiger partial charge in [-0.2, -0.15) is 9.67 Å². The van der Waals surface area contributed by atoms with E-state index in [-0.39, 0.29) is 28.4 Å². The van der Waals surface area contributed by atoms with Crippen LogP contribution < -0.4 is 9.67 Å². The molecule has 7 nitrogen and oxygen atoms in total. The predicted molar refractivity (Wildman–Crippen MR) is 129 cm³/mol. The summed E-state index contributed by atoms with van der Waals surface area (Å²) in [4.78, 5) is 28.1. The number of carbonyl (C=O) groups is 2. The van der Waals surface area contributed by atoms with Gasteiger partial charge in [0, 0.05) is 24.2 Å². The Bertz CT molecular complexity index is 1310. The normalized spacial score (nSPS) is 14.0. The molecule has 0 spiro atoms. The maximum atomic E-state index is 13.7. The molecule has 3 aromatic rings. The van der Waals surface area contributed by atoms with E-state index in [2.05, 4.69) is 5.10 Å². The zero-order valence-electron chi connectivity index (χ0n) is 19.1. The topological polar surface area (TPSA) is 82.1 Å². The number of benzene rings is 1. The van der Waals surface area contributed by atoms with Crippen LogP contribution in [0.1, 0.15) is 43.5 Å². The molecule has 0 radical (unpaired) electrons. The summed E-state index contributed by atoms with van der Waals surface area (Å²) in [6.45, 7) is 6.04. The van der Waals surface area contributed by atoms with Gasteiger partial charge in [-0.1, -0.05) is 43.5 Å². The summed E-state index contributed by atoms with van der Waals surface area (Å²) in [6, 6.07) is 8.45. The van der Waals surface area contributed by atoms with Crippen molar-refractivity contribution >= 4 is 46.3 Å². The summed E-state index contributed by atoms with van der Waals surface area (Å²) in [6.07, 6.45) is 5.21. The molecule has 0 saturated heterocycles. The molecule has 0 atom stereocenters. The van der Waals surface area contributed by atoms with Gasteiger partial charge in [0.15, 0.2) is 12.4 Å². The van der Waals surface area contributed by atoms with Gasteiger partial charge in [0.1, 0.15) is 5.57 Å². The molecule has 0 saturated carbocycles. The number of nitrogens with zero attached hydrogens (tertiary/aromatic N) is 4. The number of pyridine rings is 1. The Morgan fingerprint density at radius 2 is 1.71 bits per heavy atom. The van der Waals surface area contributed by atoms with Gasteiger partial charge in [-0.25, -0.2) is 4.68 Å². The smallest absolute Gasteiger partial charge is 0.326 e. The third-order valence-corrected chi connectivity index (χ3v) is 6.38. The van der Waals surface area contributed by atoms with Crippen LogP contribution in [0.25, 0.3) is 17.0 Å². The maximum absolute atomic E-state index is 13.7. The predicted octanol–water partition coefficient (Wildman–Crippen LogP) is 3.95. The van der Waals surface area contributed by atoms with Crippen molar-refractivity contribution in [1.29, 1.82) is 0 Å². The number of hydrogen-bond donors (Lipinski definition) is 0. The van der Waals surface area contributed by atoms with E-state index in [0.717, 1.165) is 5.56 Å². The standard InChI is InChI=1S/C25H24Cl2N4O3/c1-4-6-19-20(24(33)31(28-19)16-7-8-17(26)18(27)14-16)21-22(29-12-9-15(3)10-13-29)25(34)30(11-5-2)23(21)32/h7-10,12-14H,4-6,11H2,1-3H3. The largest absolute Gasteiger partial charge is 0.858 e. The summed E-state index contributed by atoms with van der Waals surface area (Å²) < 4.78 is 2.82. The van der Waals surface area contributed by atoms with Gasteiger partial charge in [0.2, 0.25) is 0 Å². The molecule has 34 heavy (non-hydrogen) atoms. The SMILES string of the molecule is CCCc1nn(-c2ccc(Cl)c(Cl)c2)c([O-])c1C1=C([n+]2ccc(C)cc2)C(=O)N(CCC)C1=O. The fourth-order valence-corrected chi connectivity index (χ4v) is 4.30. The molecule has 0 unspecified atom stereocenters. The Morgan fingerprint density at radius 3 is 2.32 bits per heavy atom. The van der Waals surface area contributed by atoms with E-state index in [4.69, 9.17) is 23.2 Å². The third kappa shape index (κ3) is 4.10. The summed E-state index contributed by atoms with van der Waals surface area (Å²) in [5.41, 5.74) is 2.26. The van der Waals surface area contributed by atoms with Crippen molar-refractivity contribution in [2.75, 3.05) is 6.54 Å². The molecule has 2 amide bonds. The van der Waals surface area contributed by atoms with Crippen molar-refractivity contribution in [2.24, 2.45) is 0 Å². The Labute approximate surface area is 207 Å². The van der Waals surface area contributed by atoms with Crippen LogP contribution in [-0.2, 0) is 16.0 Å². The van der Waals surface area contributed by atoms with Gasteiger partial charge in [0.05, 0.1) is 21.4 Å². The van der Waals surface area contributed by atoms with Crippen molar-refractivity contribution in [3.63, 3.8) is 0 Å². The van der Waals surface area contributed by atoms with Crippen molar-refractivity contribution in [3.8, 4) is 11.6 Å².